The van der Waals surface area contributed by atoms with Gasteiger partial charge in [0, 0.05) is 6.61 Å². The van der Waals surface area contributed by atoms with E-state index in [-0.39, 0.29) is 24.4 Å². The molecule has 0 aromatic heterocycles. The smallest absolute Gasteiger partial charge is 0.112 e. The fourth-order valence-electron chi connectivity index (χ4n) is 3.69. The lowest BCUT2D eigenvalue weighted by atomic mass is 9.84. The number of nitriles is 1. The van der Waals surface area contributed by atoms with Crippen LogP contribution < -0.4 is 0 Å². The molecule has 4 heteroatoms. The average Bonchev–Trinajstić information content (AvgIpc) is 3.04. The van der Waals surface area contributed by atoms with E-state index in [1.807, 2.05) is 0 Å². The Bertz CT molecular complexity index is 335. The number of hydrogen-bond donors (Lipinski definition) is 0. The molecule has 0 amide bonds. The van der Waals surface area contributed by atoms with Crippen molar-refractivity contribution < 1.29 is 14.2 Å². The molecule has 4 atom stereocenters. The molecule has 1 saturated carbocycles. The lowest BCUT2D eigenvalue weighted by Crippen LogP contribution is -2.37. The molecule has 0 radical (unpaired) electrons. The first-order valence-corrected chi connectivity index (χ1v) is 7.64. The summed E-state index contributed by atoms with van der Waals surface area (Å²) in [5.41, 5.74) is 0. The highest BCUT2D eigenvalue weighted by atomic mass is 16.6. The predicted molar refractivity (Wildman–Crippen MR) is 69.6 cm³/mol. The van der Waals surface area contributed by atoms with Crippen molar-refractivity contribution in [1.82, 2.24) is 0 Å². The zero-order valence-electron chi connectivity index (χ0n) is 11.4. The second-order valence-corrected chi connectivity index (χ2v) is 5.97. The van der Waals surface area contributed by atoms with Crippen LogP contribution in [0.2, 0.25) is 0 Å². The van der Waals surface area contributed by atoms with Crippen LogP contribution in [0.3, 0.4) is 0 Å². The number of rotatable bonds is 4. The van der Waals surface area contributed by atoms with Gasteiger partial charge in [-0.25, -0.2) is 0 Å². The summed E-state index contributed by atoms with van der Waals surface area (Å²) in [6.45, 7) is 1.41. The number of hydrogen-bond acceptors (Lipinski definition) is 4. The molecular formula is C15H23NO3. The molecule has 3 unspecified atom stereocenters. The molecule has 3 fully saturated rings. The maximum atomic E-state index is 9.04. The van der Waals surface area contributed by atoms with E-state index in [1.165, 1.54) is 32.1 Å². The van der Waals surface area contributed by atoms with Crippen molar-refractivity contribution >= 4 is 0 Å². The van der Waals surface area contributed by atoms with Crippen molar-refractivity contribution in [2.24, 2.45) is 5.92 Å². The van der Waals surface area contributed by atoms with Crippen LogP contribution in [0.25, 0.3) is 0 Å². The van der Waals surface area contributed by atoms with E-state index in [2.05, 4.69) is 6.07 Å². The summed E-state index contributed by atoms with van der Waals surface area (Å²) in [6, 6.07) is 2.29. The third-order valence-electron chi connectivity index (χ3n) is 4.74. The molecule has 106 valence electrons. The monoisotopic (exact) mass is 265 g/mol. The summed E-state index contributed by atoms with van der Waals surface area (Å²) in [5.74, 6) is 0.550. The second-order valence-electron chi connectivity index (χ2n) is 5.97. The molecule has 0 bridgehead atoms. The van der Waals surface area contributed by atoms with Gasteiger partial charge in [-0.3, -0.25) is 0 Å². The van der Waals surface area contributed by atoms with Crippen molar-refractivity contribution in [3.05, 3.63) is 0 Å². The lowest BCUT2D eigenvalue weighted by Gasteiger charge is -2.31. The first kappa shape index (κ1) is 13.4. The Labute approximate surface area is 115 Å². The Kier molecular flexibility index (Phi) is 4.37. The normalized spacial score (nSPS) is 36.9. The summed E-state index contributed by atoms with van der Waals surface area (Å²) in [7, 11) is 0. The average molecular weight is 265 g/mol. The topological polar surface area (TPSA) is 51.5 Å². The quantitative estimate of drug-likeness (QED) is 0.783. The highest BCUT2D eigenvalue weighted by molar-refractivity contribution is 4.92. The van der Waals surface area contributed by atoms with Gasteiger partial charge in [0.15, 0.2) is 0 Å². The fraction of sp³-hybridized carbons (Fsp3) is 0.933. The van der Waals surface area contributed by atoms with Crippen LogP contribution in [-0.2, 0) is 14.2 Å². The Morgan fingerprint density at radius 2 is 2.00 bits per heavy atom. The maximum absolute atomic E-state index is 9.04. The van der Waals surface area contributed by atoms with Crippen molar-refractivity contribution in [2.75, 3.05) is 13.2 Å². The Morgan fingerprint density at radius 3 is 2.79 bits per heavy atom. The summed E-state index contributed by atoms with van der Waals surface area (Å²) in [4.78, 5) is 0. The molecule has 3 rings (SSSR count). The van der Waals surface area contributed by atoms with Gasteiger partial charge in [0.05, 0.1) is 31.3 Å². The predicted octanol–water partition coefficient (Wildman–Crippen LogP) is 2.42. The minimum absolute atomic E-state index is 0.0350. The Balaban J connectivity index is 1.59. The highest BCUT2D eigenvalue weighted by Crippen LogP contribution is 2.34. The van der Waals surface area contributed by atoms with E-state index >= 15 is 0 Å². The van der Waals surface area contributed by atoms with E-state index in [4.69, 9.17) is 19.5 Å². The first-order chi connectivity index (χ1) is 9.38. The van der Waals surface area contributed by atoms with Crippen LogP contribution >= 0.6 is 0 Å². The third-order valence-corrected chi connectivity index (χ3v) is 4.74. The molecule has 0 N–H and O–H groups in total. The minimum Gasteiger partial charge on any atom is -0.373 e. The van der Waals surface area contributed by atoms with Gasteiger partial charge in [-0.2, -0.15) is 5.26 Å². The summed E-state index contributed by atoms with van der Waals surface area (Å²) in [5, 5.41) is 9.04. The standard InChI is InChI=1S/C15H23NO3/c16-8-6-12(11-4-2-1-3-5-11)19-14-10-18-13-7-9-17-15(13)14/h11-15H,1-7,9-10H2/t12?,13?,14-,15?/m1/s1. The van der Waals surface area contributed by atoms with Gasteiger partial charge in [-0.1, -0.05) is 19.3 Å². The molecule has 0 aromatic carbocycles. The van der Waals surface area contributed by atoms with Crippen molar-refractivity contribution in [3.8, 4) is 6.07 Å². The van der Waals surface area contributed by atoms with Crippen LogP contribution in [0, 0.1) is 17.2 Å². The van der Waals surface area contributed by atoms with Crippen molar-refractivity contribution in [1.29, 1.82) is 5.26 Å². The molecule has 3 aliphatic rings. The summed E-state index contributed by atoms with van der Waals surface area (Å²) < 4.78 is 17.7. The number of nitrogens with zero attached hydrogens (tertiary/aromatic N) is 1. The van der Waals surface area contributed by atoms with Gasteiger partial charge >= 0.3 is 0 Å². The van der Waals surface area contributed by atoms with Gasteiger partial charge < -0.3 is 14.2 Å². The molecule has 1 aliphatic carbocycles. The molecular weight excluding hydrogens is 242 g/mol. The Morgan fingerprint density at radius 1 is 1.16 bits per heavy atom. The maximum Gasteiger partial charge on any atom is 0.112 e. The summed E-state index contributed by atoms with van der Waals surface area (Å²) in [6.07, 6.45) is 8.20. The van der Waals surface area contributed by atoms with E-state index in [9.17, 15) is 0 Å². The van der Waals surface area contributed by atoms with Crippen LogP contribution in [-0.4, -0.2) is 37.6 Å². The van der Waals surface area contributed by atoms with Crippen molar-refractivity contribution in [3.63, 3.8) is 0 Å². The van der Waals surface area contributed by atoms with Crippen LogP contribution in [0.4, 0.5) is 0 Å². The largest absolute Gasteiger partial charge is 0.373 e. The highest BCUT2D eigenvalue weighted by Gasteiger charge is 2.44. The first-order valence-electron chi connectivity index (χ1n) is 7.64. The molecule has 0 aromatic rings. The molecule has 2 heterocycles. The second kappa shape index (κ2) is 6.21. The lowest BCUT2D eigenvalue weighted by molar-refractivity contribution is -0.0910. The molecule has 19 heavy (non-hydrogen) atoms. The van der Waals surface area contributed by atoms with E-state index < -0.39 is 0 Å². The summed E-state index contributed by atoms with van der Waals surface area (Å²) >= 11 is 0. The zero-order chi connectivity index (χ0) is 13.1. The van der Waals surface area contributed by atoms with E-state index in [1.54, 1.807) is 0 Å². The number of fused-ring (bicyclic) bond motifs is 1. The van der Waals surface area contributed by atoms with Gasteiger partial charge in [0.1, 0.15) is 12.2 Å². The van der Waals surface area contributed by atoms with Gasteiger partial charge in [-0.05, 0) is 25.2 Å². The van der Waals surface area contributed by atoms with Crippen LogP contribution in [0.15, 0.2) is 0 Å². The minimum atomic E-state index is 0.0350. The third kappa shape index (κ3) is 2.94. The van der Waals surface area contributed by atoms with Crippen LogP contribution in [0.1, 0.15) is 44.9 Å². The van der Waals surface area contributed by atoms with Gasteiger partial charge in [-0.15, -0.1) is 0 Å². The van der Waals surface area contributed by atoms with Crippen LogP contribution in [0.5, 0.6) is 0 Å². The zero-order valence-corrected chi connectivity index (χ0v) is 11.4. The molecule has 0 spiro atoms. The van der Waals surface area contributed by atoms with Crippen molar-refractivity contribution in [2.45, 2.75) is 69.4 Å². The van der Waals surface area contributed by atoms with E-state index in [0.717, 1.165) is 13.0 Å². The van der Waals surface area contributed by atoms with Gasteiger partial charge in [0.2, 0.25) is 0 Å². The Hall–Kier alpha value is -0.630. The SMILES string of the molecule is N#CCC(O[C@@H]1COC2CCOC21)C1CCCCC1. The number of ether oxygens (including phenoxy) is 3. The van der Waals surface area contributed by atoms with Gasteiger partial charge in [0.25, 0.3) is 0 Å². The molecule has 2 saturated heterocycles. The molecule has 2 aliphatic heterocycles. The molecule has 4 nitrogen and oxygen atoms in total. The fourth-order valence-corrected chi connectivity index (χ4v) is 3.69. The van der Waals surface area contributed by atoms with E-state index in [0.29, 0.717) is 18.9 Å².